The Morgan fingerprint density at radius 1 is 1.43 bits per heavy atom. The van der Waals surface area contributed by atoms with Crippen LogP contribution in [0, 0.1) is 0 Å². The maximum absolute atomic E-state index is 10.7. The molecule has 21 heavy (non-hydrogen) atoms. The van der Waals surface area contributed by atoms with Gasteiger partial charge in [0.25, 0.3) is 0 Å². The van der Waals surface area contributed by atoms with Crippen molar-refractivity contribution in [3.05, 3.63) is 18.5 Å². The molecule has 2 N–H and O–H groups in total. The molecule has 0 aromatic carbocycles. The van der Waals surface area contributed by atoms with Gasteiger partial charge in [-0.15, -0.1) is 0 Å². The Balaban J connectivity index is 1.63. The van der Waals surface area contributed by atoms with Gasteiger partial charge in [-0.1, -0.05) is 0 Å². The van der Waals surface area contributed by atoms with Crippen LogP contribution in [0.5, 0.6) is 5.75 Å². The highest BCUT2D eigenvalue weighted by Gasteiger charge is 2.37. The van der Waals surface area contributed by atoms with E-state index in [2.05, 4.69) is 19.6 Å². The third kappa shape index (κ3) is 2.14. The van der Waals surface area contributed by atoms with Crippen LogP contribution in [0.4, 0.5) is 5.69 Å². The number of thiol groups is 1. The number of fused-ring (bicyclic) bond motifs is 3. The van der Waals surface area contributed by atoms with Crippen molar-refractivity contribution in [3.8, 4) is 5.75 Å². The molecule has 0 amide bonds. The molecule has 2 aliphatic rings. The fraction of sp³-hybridized carbons (Fsp3) is 0.462. The number of rotatable bonds is 3. The Morgan fingerprint density at radius 3 is 3.10 bits per heavy atom. The molecule has 2 aromatic rings. The van der Waals surface area contributed by atoms with E-state index in [0.717, 1.165) is 41.9 Å². The lowest BCUT2D eigenvalue weighted by Gasteiger charge is -2.45. The lowest BCUT2D eigenvalue weighted by molar-refractivity contribution is 0.259. The highest BCUT2D eigenvalue weighted by atomic mass is 32.2. The van der Waals surface area contributed by atoms with E-state index in [0.29, 0.717) is 12.6 Å². The van der Waals surface area contributed by atoms with Crippen LogP contribution in [-0.2, 0) is 10.9 Å². The molecule has 1 aliphatic carbocycles. The molecule has 0 atom stereocenters. The van der Waals surface area contributed by atoms with Crippen LogP contribution in [0.3, 0.4) is 0 Å². The first kappa shape index (κ1) is 12.9. The van der Waals surface area contributed by atoms with E-state index in [1.807, 2.05) is 12.3 Å². The van der Waals surface area contributed by atoms with Crippen LogP contribution in [0.15, 0.2) is 18.5 Å². The van der Waals surface area contributed by atoms with Crippen LogP contribution in [0.2, 0.25) is 0 Å². The van der Waals surface area contributed by atoms with E-state index in [1.165, 1.54) is 0 Å². The SMILES string of the molecule is O=[SH](=O)N[C@H]1C[C@@H](N2CCOc3cnc4[nH]ccc4c32)C1. The first-order valence-corrected chi connectivity index (χ1v) is 8.16. The molecule has 1 fully saturated rings. The highest BCUT2D eigenvalue weighted by molar-refractivity contribution is 7.70. The number of nitrogens with zero attached hydrogens (tertiary/aromatic N) is 2. The molecule has 112 valence electrons. The molecule has 0 spiro atoms. The third-order valence-electron chi connectivity index (χ3n) is 4.24. The molecule has 4 rings (SSSR count). The van der Waals surface area contributed by atoms with Gasteiger partial charge in [0.2, 0.25) is 10.9 Å². The molecule has 0 saturated heterocycles. The second kappa shape index (κ2) is 4.88. The van der Waals surface area contributed by atoms with Gasteiger partial charge in [-0.05, 0) is 18.9 Å². The van der Waals surface area contributed by atoms with Crippen molar-refractivity contribution in [2.75, 3.05) is 18.1 Å². The summed E-state index contributed by atoms with van der Waals surface area (Å²) in [6, 6.07) is 2.41. The van der Waals surface area contributed by atoms with E-state index < -0.39 is 10.9 Å². The average Bonchev–Trinajstić information content (AvgIpc) is 2.90. The van der Waals surface area contributed by atoms with Crippen molar-refractivity contribution in [2.24, 2.45) is 0 Å². The van der Waals surface area contributed by atoms with Gasteiger partial charge in [0.05, 0.1) is 18.4 Å². The summed E-state index contributed by atoms with van der Waals surface area (Å²) in [7, 11) is -2.51. The van der Waals surface area contributed by atoms with E-state index in [4.69, 9.17) is 4.74 Å². The topological polar surface area (TPSA) is 87.3 Å². The lowest BCUT2D eigenvalue weighted by Crippen LogP contribution is -2.54. The first-order valence-electron chi connectivity index (χ1n) is 6.98. The molecular formula is C13H16N4O3S. The molecular weight excluding hydrogens is 292 g/mol. The average molecular weight is 308 g/mol. The van der Waals surface area contributed by atoms with Crippen LogP contribution >= 0.6 is 0 Å². The minimum atomic E-state index is -2.51. The maximum atomic E-state index is 10.7. The van der Waals surface area contributed by atoms with Gasteiger partial charge >= 0.3 is 0 Å². The lowest BCUT2D eigenvalue weighted by atomic mass is 9.85. The molecule has 8 heteroatoms. The summed E-state index contributed by atoms with van der Waals surface area (Å²) < 4.78 is 29.7. The van der Waals surface area contributed by atoms with Crippen molar-refractivity contribution in [3.63, 3.8) is 0 Å². The van der Waals surface area contributed by atoms with E-state index in [1.54, 1.807) is 6.20 Å². The zero-order chi connectivity index (χ0) is 14.4. The van der Waals surface area contributed by atoms with Crippen LogP contribution in [0.1, 0.15) is 12.8 Å². The van der Waals surface area contributed by atoms with Gasteiger partial charge in [0, 0.05) is 23.7 Å². The first-order chi connectivity index (χ1) is 10.2. The molecule has 1 aliphatic heterocycles. The number of H-pyrrole nitrogens is 1. The number of hydrogen-bond acceptors (Lipinski definition) is 5. The van der Waals surface area contributed by atoms with Crippen molar-refractivity contribution in [1.82, 2.24) is 14.7 Å². The molecule has 1 saturated carbocycles. The second-order valence-corrected chi connectivity index (χ2v) is 6.23. The molecule has 2 aromatic heterocycles. The predicted molar refractivity (Wildman–Crippen MR) is 79.2 cm³/mol. The van der Waals surface area contributed by atoms with Gasteiger partial charge < -0.3 is 14.6 Å². The van der Waals surface area contributed by atoms with Crippen LogP contribution in [-0.4, -0.2) is 43.6 Å². The number of aromatic nitrogens is 2. The van der Waals surface area contributed by atoms with E-state index in [9.17, 15) is 8.42 Å². The fourth-order valence-electron chi connectivity index (χ4n) is 3.21. The zero-order valence-electron chi connectivity index (χ0n) is 11.3. The number of aromatic amines is 1. The molecule has 0 unspecified atom stereocenters. The smallest absolute Gasteiger partial charge is 0.201 e. The largest absolute Gasteiger partial charge is 0.488 e. The monoisotopic (exact) mass is 308 g/mol. The summed E-state index contributed by atoms with van der Waals surface area (Å²) >= 11 is 0. The standard InChI is InChI=1S/C13H16N4O3S/c18-21(19)16-8-5-9(6-8)17-3-4-20-11-7-15-13-10(12(11)17)1-2-14-13/h1-2,7-9,21H,3-6H2,(H,14,15)(H,16,18,19)/t8-,9+. The minimum absolute atomic E-state index is 0.0611. The highest BCUT2D eigenvalue weighted by Crippen LogP contribution is 2.41. The maximum Gasteiger partial charge on any atom is 0.201 e. The second-order valence-electron chi connectivity index (χ2n) is 5.46. The van der Waals surface area contributed by atoms with Gasteiger partial charge in [0.1, 0.15) is 12.3 Å². The molecule has 0 bridgehead atoms. The quantitative estimate of drug-likeness (QED) is 0.715. The Bertz CT molecular complexity index is 743. The van der Waals surface area contributed by atoms with Gasteiger partial charge in [-0.2, -0.15) is 0 Å². The number of hydrogen-bond donors (Lipinski definition) is 3. The predicted octanol–water partition coefficient (Wildman–Crippen LogP) is 0.409. The van der Waals surface area contributed by atoms with Crippen molar-refractivity contribution in [1.29, 1.82) is 0 Å². The Labute approximate surface area is 123 Å². The minimum Gasteiger partial charge on any atom is -0.488 e. The van der Waals surface area contributed by atoms with Gasteiger partial charge in [-0.3, -0.25) is 0 Å². The number of anilines is 1. The molecule has 7 nitrogen and oxygen atoms in total. The summed E-state index contributed by atoms with van der Waals surface area (Å²) in [5.74, 6) is 0.805. The Hall–Kier alpha value is -1.80. The van der Waals surface area contributed by atoms with Crippen molar-refractivity contribution in [2.45, 2.75) is 24.9 Å². The molecule has 3 heterocycles. The van der Waals surface area contributed by atoms with Crippen molar-refractivity contribution >= 4 is 27.6 Å². The van der Waals surface area contributed by atoms with Gasteiger partial charge in [-0.25, -0.2) is 18.1 Å². The summed E-state index contributed by atoms with van der Waals surface area (Å²) in [4.78, 5) is 9.79. The van der Waals surface area contributed by atoms with Crippen LogP contribution in [0.25, 0.3) is 11.0 Å². The number of ether oxygens (including phenoxy) is 1. The van der Waals surface area contributed by atoms with E-state index in [-0.39, 0.29) is 6.04 Å². The van der Waals surface area contributed by atoms with Crippen LogP contribution < -0.4 is 14.4 Å². The Morgan fingerprint density at radius 2 is 2.29 bits per heavy atom. The summed E-state index contributed by atoms with van der Waals surface area (Å²) in [6.07, 6.45) is 5.29. The zero-order valence-corrected chi connectivity index (χ0v) is 12.2. The summed E-state index contributed by atoms with van der Waals surface area (Å²) in [5, 5.41) is 1.05. The summed E-state index contributed by atoms with van der Waals surface area (Å²) in [5.41, 5.74) is 1.92. The Kier molecular flexibility index (Phi) is 3.00. The normalized spacial score (nSPS) is 24.7. The van der Waals surface area contributed by atoms with Gasteiger partial charge in [0.15, 0.2) is 5.75 Å². The van der Waals surface area contributed by atoms with E-state index >= 15 is 0 Å². The number of nitrogens with one attached hydrogen (secondary N) is 2. The fourth-order valence-corrected chi connectivity index (χ4v) is 3.71. The van der Waals surface area contributed by atoms with Crippen molar-refractivity contribution < 1.29 is 13.2 Å². The molecule has 0 radical (unpaired) electrons. The third-order valence-corrected chi connectivity index (χ3v) is 4.82. The number of pyridine rings is 1. The summed E-state index contributed by atoms with van der Waals surface area (Å²) in [6.45, 7) is 1.45.